The van der Waals surface area contributed by atoms with E-state index in [2.05, 4.69) is 15.8 Å². The fourth-order valence-corrected chi connectivity index (χ4v) is 2.75. The summed E-state index contributed by atoms with van der Waals surface area (Å²) in [6.07, 6.45) is 2.03. The molecule has 0 radical (unpaired) electrons. The van der Waals surface area contributed by atoms with Gasteiger partial charge in [0.05, 0.1) is 0 Å². The van der Waals surface area contributed by atoms with Crippen molar-refractivity contribution < 1.29 is 18.8 Å². The van der Waals surface area contributed by atoms with Crippen molar-refractivity contribution in [2.45, 2.75) is 32.4 Å². The van der Waals surface area contributed by atoms with Crippen LogP contribution in [0.15, 0.2) is 59.1 Å². The summed E-state index contributed by atoms with van der Waals surface area (Å²) in [6.45, 7) is 2.10. The third-order valence-electron chi connectivity index (χ3n) is 4.48. The average molecular weight is 391 g/mol. The Morgan fingerprint density at radius 1 is 1.10 bits per heavy atom. The normalized spacial score (nSPS) is 13.0. The lowest BCUT2D eigenvalue weighted by molar-refractivity contribution is 0.0941. The number of aryl methyl sites for hydroxylation is 1. The molecule has 1 aliphatic rings. The Hall–Kier alpha value is -3.61. The van der Waals surface area contributed by atoms with Crippen LogP contribution in [-0.4, -0.2) is 23.0 Å². The number of anilines is 1. The quantitative estimate of drug-likeness (QED) is 0.640. The molecule has 0 aliphatic heterocycles. The highest BCUT2D eigenvalue weighted by molar-refractivity contribution is 6.04. The molecule has 0 spiro atoms. The second kappa shape index (κ2) is 8.18. The summed E-state index contributed by atoms with van der Waals surface area (Å²) in [5.74, 6) is 0.680. The van der Waals surface area contributed by atoms with E-state index in [1.807, 2.05) is 25.1 Å². The van der Waals surface area contributed by atoms with E-state index in [1.165, 1.54) is 0 Å². The third-order valence-corrected chi connectivity index (χ3v) is 4.48. The summed E-state index contributed by atoms with van der Waals surface area (Å²) >= 11 is 0. The molecule has 0 saturated heterocycles. The van der Waals surface area contributed by atoms with Gasteiger partial charge in [0.2, 0.25) is 0 Å². The van der Waals surface area contributed by atoms with Gasteiger partial charge in [-0.3, -0.25) is 9.59 Å². The van der Waals surface area contributed by atoms with E-state index in [-0.39, 0.29) is 30.2 Å². The van der Waals surface area contributed by atoms with Gasteiger partial charge < -0.3 is 19.9 Å². The predicted octanol–water partition coefficient (Wildman–Crippen LogP) is 3.71. The lowest BCUT2D eigenvalue weighted by atomic mass is 10.1. The van der Waals surface area contributed by atoms with Crippen molar-refractivity contribution in [3.63, 3.8) is 0 Å². The number of carbonyl (C=O) groups excluding carboxylic acids is 2. The molecule has 1 fully saturated rings. The molecule has 2 N–H and O–H groups in total. The van der Waals surface area contributed by atoms with Gasteiger partial charge in [0.15, 0.2) is 11.5 Å². The number of hydrogen-bond acceptors (Lipinski definition) is 5. The lowest BCUT2D eigenvalue weighted by Gasteiger charge is -2.08. The van der Waals surface area contributed by atoms with Crippen LogP contribution in [0.5, 0.6) is 5.75 Å². The minimum absolute atomic E-state index is 0.151. The number of hydrogen-bond donors (Lipinski definition) is 2. The van der Waals surface area contributed by atoms with Crippen molar-refractivity contribution >= 4 is 17.5 Å². The summed E-state index contributed by atoms with van der Waals surface area (Å²) in [6, 6.07) is 16.3. The summed E-state index contributed by atoms with van der Waals surface area (Å²) in [4.78, 5) is 24.2. The Bertz CT molecular complexity index is 1020. The second-order valence-corrected chi connectivity index (χ2v) is 7.06. The topological polar surface area (TPSA) is 93.5 Å². The SMILES string of the molecule is Cc1cccc(C(=O)Nc2ccc(OCc3cc(C(=O)NC4CC4)no3)cc2)c1. The minimum Gasteiger partial charge on any atom is -0.486 e. The molecule has 0 atom stereocenters. The van der Waals surface area contributed by atoms with Crippen molar-refractivity contribution in [3.05, 3.63) is 77.2 Å². The first-order chi connectivity index (χ1) is 14.1. The molecule has 2 aromatic carbocycles. The number of nitrogens with one attached hydrogen (secondary N) is 2. The molecule has 7 heteroatoms. The van der Waals surface area contributed by atoms with E-state index in [1.54, 1.807) is 36.4 Å². The van der Waals surface area contributed by atoms with E-state index < -0.39 is 0 Å². The summed E-state index contributed by atoms with van der Waals surface area (Å²) < 4.78 is 10.8. The van der Waals surface area contributed by atoms with Crippen LogP contribution in [-0.2, 0) is 6.61 Å². The Balaban J connectivity index is 1.30. The predicted molar refractivity (Wildman–Crippen MR) is 107 cm³/mol. The first kappa shape index (κ1) is 18.7. The van der Waals surface area contributed by atoms with Crippen molar-refractivity contribution in [2.75, 3.05) is 5.32 Å². The number of nitrogens with zero attached hydrogens (tertiary/aromatic N) is 1. The minimum atomic E-state index is -0.226. The zero-order valence-corrected chi connectivity index (χ0v) is 16.0. The van der Waals surface area contributed by atoms with Crippen molar-refractivity contribution in [1.29, 1.82) is 0 Å². The monoisotopic (exact) mass is 391 g/mol. The highest BCUT2D eigenvalue weighted by Crippen LogP contribution is 2.20. The number of benzene rings is 2. The summed E-state index contributed by atoms with van der Waals surface area (Å²) in [7, 11) is 0. The first-order valence-electron chi connectivity index (χ1n) is 9.44. The van der Waals surface area contributed by atoms with Crippen LogP contribution in [0.25, 0.3) is 0 Å². The van der Waals surface area contributed by atoms with E-state index >= 15 is 0 Å². The Kier molecular flexibility index (Phi) is 5.29. The third kappa shape index (κ3) is 5.01. The molecular weight excluding hydrogens is 370 g/mol. The molecule has 1 aliphatic carbocycles. The smallest absolute Gasteiger partial charge is 0.273 e. The number of carbonyl (C=O) groups is 2. The molecule has 1 saturated carbocycles. The van der Waals surface area contributed by atoms with E-state index in [0.717, 1.165) is 18.4 Å². The Labute approximate surface area is 168 Å². The largest absolute Gasteiger partial charge is 0.486 e. The van der Waals surface area contributed by atoms with Gasteiger partial charge in [-0.2, -0.15) is 0 Å². The number of amides is 2. The van der Waals surface area contributed by atoms with Gasteiger partial charge in [0.25, 0.3) is 11.8 Å². The van der Waals surface area contributed by atoms with Crippen molar-refractivity contribution in [2.24, 2.45) is 0 Å². The van der Waals surface area contributed by atoms with Crippen molar-refractivity contribution in [1.82, 2.24) is 10.5 Å². The van der Waals surface area contributed by atoms with Gasteiger partial charge in [-0.25, -0.2) is 0 Å². The second-order valence-electron chi connectivity index (χ2n) is 7.06. The maximum atomic E-state index is 12.3. The lowest BCUT2D eigenvalue weighted by Crippen LogP contribution is -2.25. The van der Waals surface area contributed by atoms with Gasteiger partial charge in [-0.1, -0.05) is 22.9 Å². The fraction of sp³-hybridized carbons (Fsp3) is 0.227. The molecule has 29 heavy (non-hydrogen) atoms. The summed E-state index contributed by atoms with van der Waals surface area (Å²) in [5.41, 5.74) is 2.56. The molecule has 1 aromatic heterocycles. The number of rotatable bonds is 7. The zero-order valence-electron chi connectivity index (χ0n) is 16.0. The van der Waals surface area contributed by atoms with Gasteiger partial charge in [0, 0.05) is 23.4 Å². The van der Waals surface area contributed by atoms with Gasteiger partial charge in [-0.15, -0.1) is 0 Å². The van der Waals surface area contributed by atoms with Crippen LogP contribution in [0.2, 0.25) is 0 Å². The van der Waals surface area contributed by atoms with Crippen LogP contribution in [0, 0.1) is 6.92 Å². The highest BCUT2D eigenvalue weighted by atomic mass is 16.5. The molecule has 0 unspecified atom stereocenters. The number of aromatic nitrogens is 1. The van der Waals surface area contributed by atoms with Gasteiger partial charge >= 0.3 is 0 Å². The molecule has 3 aromatic rings. The maximum absolute atomic E-state index is 12.3. The Morgan fingerprint density at radius 3 is 2.62 bits per heavy atom. The Morgan fingerprint density at radius 2 is 1.90 bits per heavy atom. The van der Waals surface area contributed by atoms with Gasteiger partial charge in [-0.05, 0) is 56.2 Å². The van der Waals surface area contributed by atoms with Crippen LogP contribution in [0.1, 0.15) is 45.0 Å². The van der Waals surface area contributed by atoms with Crippen molar-refractivity contribution in [3.8, 4) is 5.75 Å². The fourth-order valence-electron chi connectivity index (χ4n) is 2.75. The van der Waals surface area contributed by atoms with E-state index in [9.17, 15) is 9.59 Å². The molecule has 148 valence electrons. The summed E-state index contributed by atoms with van der Waals surface area (Å²) in [5, 5.41) is 9.49. The van der Waals surface area contributed by atoms with Gasteiger partial charge in [0.1, 0.15) is 12.4 Å². The molecule has 0 bridgehead atoms. The molecule has 7 nitrogen and oxygen atoms in total. The number of ether oxygens (including phenoxy) is 1. The van der Waals surface area contributed by atoms with Crippen LogP contribution in [0.4, 0.5) is 5.69 Å². The highest BCUT2D eigenvalue weighted by Gasteiger charge is 2.25. The van der Waals surface area contributed by atoms with Crippen LogP contribution >= 0.6 is 0 Å². The maximum Gasteiger partial charge on any atom is 0.273 e. The molecule has 2 amide bonds. The average Bonchev–Trinajstić information content (AvgIpc) is 3.40. The molecule has 4 rings (SSSR count). The van der Waals surface area contributed by atoms with Crippen LogP contribution < -0.4 is 15.4 Å². The van der Waals surface area contributed by atoms with E-state index in [0.29, 0.717) is 22.8 Å². The zero-order chi connectivity index (χ0) is 20.2. The molecule has 1 heterocycles. The standard InChI is InChI=1S/C22H21N3O4/c1-14-3-2-4-15(11-14)21(26)23-17-7-9-18(10-8-17)28-13-19-12-20(25-29-19)22(27)24-16-5-6-16/h2-4,7-12,16H,5-6,13H2,1H3,(H,23,26)(H,24,27). The first-order valence-corrected chi connectivity index (χ1v) is 9.44. The molecular formula is C22H21N3O4. The van der Waals surface area contributed by atoms with E-state index in [4.69, 9.17) is 9.26 Å². The van der Waals surface area contributed by atoms with Crippen LogP contribution in [0.3, 0.4) is 0 Å².